The van der Waals surface area contributed by atoms with Crippen molar-refractivity contribution in [3.8, 4) is 5.75 Å². The fourth-order valence-corrected chi connectivity index (χ4v) is 2.47. The summed E-state index contributed by atoms with van der Waals surface area (Å²) < 4.78 is 5.10. The van der Waals surface area contributed by atoms with E-state index in [2.05, 4.69) is 16.7 Å². The predicted molar refractivity (Wildman–Crippen MR) is 80.3 cm³/mol. The van der Waals surface area contributed by atoms with Gasteiger partial charge in [-0.3, -0.25) is 9.69 Å². The highest BCUT2D eigenvalue weighted by Gasteiger charge is 2.18. The molecule has 0 saturated carbocycles. The van der Waals surface area contributed by atoms with Crippen LogP contribution in [-0.2, 0) is 0 Å². The van der Waals surface area contributed by atoms with Gasteiger partial charge in [-0.1, -0.05) is 6.92 Å². The molecule has 1 saturated heterocycles. The van der Waals surface area contributed by atoms with Crippen molar-refractivity contribution in [2.75, 3.05) is 52.1 Å². The molecule has 1 heterocycles. The number of hydrogen-bond acceptors (Lipinski definition) is 5. The Bertz CT molecular complexity index is 468. The third-order valence-electron chi connectivity index (χ3n) is 3.83. The summed E-state index contributed by atoms with van der Waals surface area (Å²) in [5, 5.41) is 0. The van der Waals surface area contributed by atoms with Crippen LogP contribution in [0.4, 0.5) is 5.69 Å². The van der Waals surface area contributed by atoms with Gasteiger partial charge in [0.15, 0.2) is 5.78 Å². The fraction of sp³-hybridized carbons (Fsp3) is 0.533. The molecule has 1 fully saturated rings. The van der Waals surface area contributed by atoms with E-state index in [0.29, 0.717) is 23.5 Å². The summed E-state index contributed by atoms with van der Waals surface area (Å²) in [5.74, 6) is 0.724. The van der Waals surface area contributed by atoms with E-state index in [4.69, 9.17) is 10.5 Å². The summed E-state index contributed by atoms with van der Waals surface area (Å²) in [6.45, 7) is 7.68. The second-order valence-electron chi connectivity index (χ2n) is 5.09. The molecule has 0 unspecified atom stereocenters. The number of methoxy groups -OCH3 is 1. The van der Waals surface area contributed by atoms with Crippen LogP contribution in [0.1, 0.15) is 17.3 Å². The van der Waals surface area contributed by atoms with E-state index >= 15 is 0 Å². The molecule has 5 heteroatoms. The number of benzene rings is 1. The number of nitrogen functional groups attached to an aromatic ring is 1. The Morgan fingerprint density at radius 2 is 1.90 bits per heavy atom. The number of hydrogen-bond donors (Lipinski definition) is 1. The van der Waals surface area contributed by atoms with Crippen molar-refractivity contribution in [1.29, 1.82) is 0 Å². The highest BCUT2D eigenvalue weighted by Crippen LogP contribution is 2.22. The molecule has 0 radical (unpaired) electrons. The zero-order valence-corrected chi connectivity index (χ0v) is 12.3. The molecule has 0 amide bonds. The number of ether oxygens (including phenoxy) is 1. The molecule has 1 aliphatic rings. The van der Waals surface area contributed by atoms with Crippen LogP contribution in [0.25, 0.3) is 0 Å². The normalized spacial score (nSPS) is 17.1. The van der Waals surface area contributed by atoms with E-state index in [1.54, 1.807) is 25.3 Å². The van der Waals surface area contributed by atoms with E-state index in [0.717, 1.165) is 32.7 Å². The largest absolute Gasteiger partial charge is 0.495 e. The number of nitrogens with two attached hydrogens (primary N) is 1. The minimum Gasteiger partial charge on any atom is -0.495 e. The summed E-state index contributed by atoms with van der Waals surface area (Å²) >= 11 is 0. The van der Waals surface area contributed by atoms with Crippen molar-refractivity contribution in [3.63, 3.8) is 0 Å². The molecule has 0 bridgehead atoms. The first-order valence-corrected chi connectivity index (χ1v) is 7.05. The average Bonchev–Trinajstić information content (AvgIpc) is 2.48. The maximum absolute atomic E-state index is 12.3. The molecule has 110 valence electrons. The highest BCUT2D eigenvalue weighted by molar-refractivity contribution is 5.98. The molecule has 0 aromatic heterocycles. The Hall–Kier alpha value is -1.59. The van der Waals surface area contributed by atoms with E-state index in [9.17, 15) is 4.79 Å². The van der Waals surface area contributed by atoms with Gasteiger partial charge >= 0.3 is 0 Å². The molecule has 1 aromatic carbocycles. The molecule has 1 aliphatic heterocycles. The number of carbonyl (C=O) groups excluding carboxylic acids is 1. The van der Waals surface area contributed by atoms with E-state index in [1.165, 1.54) is 0 Å². The zero-order chi connectivity index (χ0) is 14.5. The van der Waals surface area contributed by atoms with Gasteiger partial charge in [0.1, 0.15) is 5.75 Å². The summed E-state index contributed by atoms with van der Waals surface area (Å²) in [4.78, 5) is 16.9. The minimum absolute atomic E-state index is 0.115. The molecule has 20 heavy (non-hydrogen) atoms. The Morgan fingerprint density at radius 1 is 1.25 bits per heavy atom. The van der Waals surface area contributed by atoms with Gasteiger partial charge in [0.05, 0.1) is 19.3 Å². The molecular formula is C15H23N3O2. The molecule has 2 N–H and O–H groups in total. The van der Waals surface area contributed by atoms with Crippen LogP contribution < -0.4 is 10.5 Å². The molecule has 0 spiro atoms. The molecule has 5 nitrogen and oxygen atoms in total. The van der Waals surface area contributed by atoms with E-state index in [-0.39, 0.29) is 5.78 Å². The second kappa shape index (κ2) is 6.72. The lowest BCUT2D eigenvalue weighted by Gasteiger charge is -2.33. The third-order valence-corrected chi connectivity index (χ3v) is 3.83. The van der Waals surface area contributed by atoms with Crippen molar-refractivity contribution in [2.45, 2.75) is 6.92 Å². The Morgan fingerprint density at radius 3 is 2.45 bits per heavy atom. The van der Waals surface area contributed by atoms with Gasteiger partial charge in [0, 0.05) is 31.7 Å². The lowest BCUT2D eigenvalue weighted by Crippen LogP contribution is -2.47. The van der Waals surface area contributed by atoms with Crippen LogP contribution in [-0.4, -0.2) is 62.0 Å². The van der Waals surface area contributed by atoms with Gasteiger partial charge in [-0.25, -0.2) is 0 Å². The number of likely N-dealkylation sites (N-methyl/N-ethyl adjacent to an activating group) is 1. The van der Waals surface area contributed by atoms with Gasteiger partial charge < -0.3 is 15.4 Å². The summed E-state index contributed by atoms with van der Waals surface area (Å²) in [5.41, 5.74) is 7.00. The Labute approximate surface area is 120 Å². The van der Waals surface area contributed by atoms with Crippen LogP contribution in [0.5, 0.6) is 5.75 Å². The first kappa shape index (κ1) is 14.8. The topological polar surface area (TPSA) is 58.8 Å². The number of carbonyl (C=O) groups is 1. The van der Waals surface area contributed by atoms with Crippen LogP contribution in [0.2, 0.25) is 0 Å². The predicted octanol–water partition coefficient (Wildman–Crippen LogP) is 1.10. The molecule has 0 atom stereocenters. The van der Waals surface area contributed by atoms with Crippen LogP contribution in [0.15, 0.2) is 18.2 Å². The number of piperazine rings is 1. The maximum atomic E-state index is 12.3. The standard InChI is InChI=1S/C15H23N3O2/c1-3-17-6-8-18(9-7-17)11-14(19)12-4-5-15(20-2)13(16)10-12/h4-5,10H,3,6-9,11,16H2,1-2H3. The fourth-order valence-electron chi connectivity index (χ4n) is 2.47. The van der Waals surface area contributed by atoms with Crippen molar-refractivity contribution < 1.29 is 9.53 Å². The lowest BCUT2D eigenvalue weighted by atomic mass is 10.1. The number of rotatable bonds is 5. The molecule has 0 aliphatic carbocycles. The van der Waals surface area contributed by atoms with Crippen molar-refractivity contribution >= 4 is 11.5 Å². The van der Waals surface area contributed by atoms with Gasteiger partial charge in [-0.05, 0) is 24.7 Å². The van der Waals surface area contributed by atoms with Crippen LogP contribution >= 0.6 is 0 Å². The van der Waals surface area contributed by atoms with E-state index < -0.39 is 0 Å². The quantitative estimate of drug-likeness (QED) is 0.645. The molecule has 2 rings (SSSR count). The maximum Gasteiger partial charge on any atom is 0.176 e. The zero-order valence-electron chi connectivity index (χ0n) is 12.3. The number of Topliss-reactive ketones (excluding diaryl/α,β-unsaturated/α-hetero) is 1. The van der Waals surface area contributed by atoms with E-state index in [1.807, 2.05) is 0 Å². The molecular weight excluding hydrogens is 254 g/mol. The van der Waals surface area contributed by atoms with Gasteiger partial charge in [-0.15, -0.1) is 0 Å². The van der Waals surface area contributed by atoms with Crippen LogP contribution in [0, 0.1) is 0 Å². The Balaban J connectivity index is 1.93. The lowest BCUT2D eigenvalue weighted by molar-refractivity contribution is 0.0859. The van der Waals surface area contributed by atoms with Gasteiger partial charge in [-0.2, -0.15) is 0 Å². The first-order chi connectivity index (χ1) is 9.63. The van der Waals surface area contributed by atoms with Crippen molar-refractivity contribution in [1.82, 2.24) is 9.80 Å². The second-order valence-corrected chi connectivity index (χ2v) is 5.09. The average molecular weight is 277 g/mol. The molecule has 1 aromatic rings. The van der Waals surface area contributed by atoms with Crippen LogP contribution in [0.3, 0.4) is 0 Å². The Kier molecular flexibility index (Phi) is 4.98. The SMILES string of the molecule is CCN1CCN(CC(=O)c2ccc(OC)c(N)c2)CC1. The number of nitrogens with zero attached hydrogens (tertiary/aromatic N) is 2. The van der Waals surface area contributed by atoms with Gasteiger partial charge in [0.2, 0.25) is 0 Å². The van der Waals surface area contributed by atoms with Gasteiger partial charge in [0.25, 0.3) is 0 Å². The smallest absolute Gasteiger partial charge is 0.176 e. The summed E-state index contributed by atoms with van der Waals surface area (Å²) in [6, 6.07) is 5.22. The summed E-state index contributed by atoms with van der Waals surface area (Å²) in [6.07, 6.45) is 0. The third kappa shape index (κ3) is 3.49. The number of anilines is 1. The highest BCUT2D eigenvalue weighted by atomic mass is 16.5. The summed E-state index contributed by atoms with van der Waals surface area (Å²) in [7, 11) is 1.57. The van der Waals surface area contributed by atoms with Crippen molar-refractivity contribution in [3.05, 3.63) is 23.8 Å². The number of ketones is 1. The first-order valence-electron chi connectivity index (χ1n) is 7.05. The monoisotopic (exact) mass is 277 g/mol. The van der Waals surface area contributed by atoms with Crippen molar-refractivity contribution in [2.24, 2.45) is 0 Å². The minimum atomic E-state index is 0.115.